The fraction of sp³-hybridized carbons (Fsp3) is 0.571. The highest BCUT2D eigenvalue weighted by atomic mass is 32.2. The van der Waals surface area contributed by atoms with E-state index < -0.39 is 10.0 Å². The van der Waals surface area contributed by atoms with Crippen molar-refractivity contribution in [3.8, 4) is 5.75 Å². The summed E-state index contributed by atoms with van der Waals surface area (Å²) in [6.45, 7) is 3.52. The Morgan fingerprint density at radius 2 is 1.90 bits per heavy atom. The summed E-state index contributed by atoms with van der Waals surface area (Å²) in [4.78, 5) is 2.26. The first-order valence-electron chi connectivity index (χ1n) is 6.95. The molecule has 0 spiro atoms. The standard InChI is InChI=1S/C14H25N3O3S/c1-12(8-10-17(2)3)16-21(18,19)14-6-4-13(5-7-14)20-11-9-15/h4-7,12,16H,8-11,15H2,1-3H3. The fourth-order valence-corrected chi connectivity index (χ4v) is 3.01. The average molecular weight is 315 g/mol. The van der Waals surface area contributed by atoms with Crippen molar-refractivity contribution in [1.82, 2.24) is 9.62 Å². The third-order valence-corrected chi connectivity index (χ3v) is 4.49. The second kappa shape index (κ2) is 8.33. The smallest absolute Gasteiger partial charge is 0.240 e. The highest BCUT2D eigenvalue weighted by Gasteiger charge is 2.17. The van der Waals surface area contributed by atoms with Gasteiger partial charge >= 0.3 is 0 Å². The van der Waals surface area contributed by atoms with Gasteiger partial charge in [0.1, 0.15) is 12.4 Å². The van der Waals surface area contributed by atoms with Crippen LogP contribution in [0.4, 0.5) is 0 Å². The lowest BCUT2D eigenvalue weighted by molar-refractivity contribution is 0.328. The van der Waals surface area contributed by atoms with Crippen molar-refractivity contribution < 1.29 is 13.2 Å². The predicted molar refractivity (Wildman–Crippen MR) is 83.9 cm³/mol. The zero-order valence-corrected chi connectivity index (χ0v) is 13.7. The molecule has 7 heteroatoms. The van der Waals surface area contributed by atoms with Gasteiger partial charge in [-0.1, -0.05) is 0 Å². The lowest BCUT2D eigenvalue weighted by atomic mass is 10.2. The second-order valence-corrected chi connectivity index (χ2v) is 6.94. The van der Waals surface area contributed by atoms with Crippen LogP contribution in [0, 0.1) is 0 Å². The van der Waals surface area contributed by atoms with E-state index in [1.807, 2.05) is 25.9 Å². The van der Waals surface area contributed by atoms with Gasteiger partial charge in [0, 0.05) is 12.6 Å². The van der Waals surface area contributed by atoms with Crippen LogP contribution in [0.5, 0.6) is 5.75 Å². The molecule has 0 bridgehead atoms. The molecule has 0 aliphatic rings. The van der Waals surface area contributed by atoms with Crippen molar-refractivity contribution in [2.75, 3.05) is 33.8 Å². The summed E-state index contributed by atoms with van der Waals surface area (Å²) in [6.07, 6.45) is 0.754. The van der Waals surface area contributed by atoms with Crippen LogP contribution >= 0.6 is 0 Å². The minimum absolute atomic E-state index is 0.120. The first-order valence-corrected chi connectivity index (χ1v) is 8.43. The van der Waals surface area contributed by atoms with E-state index in [2.05, 4.69) is 4.72 Å². The highest BCUT2D eigenvalue weighted by Crippen LogP contribution is 2.16. The minimum atomic E-state index is -3.49. The lowest BCUT2D eigenvalue weighted by Crippen LogP contribution is -2.34. The molecule has 0 saturated carbocycles. The summed E-state index contributed by atoms with van der Waals surface area (Å²) in [5.41, 5.74) is 5.35. The number of rotatable bonds is 9. The SMILES string of the molecule is CC(CCN(C)C)NS(=O)(=O)c1ccc(OCCN)cc1. The summed E-state index contributed by atoms with van der Waals surface area (Å²) in [6, 6.07) is 6.22. The number of hydrogen-bond donors (Lipinski definition) is 2. The molecule has 0 aromatic heterocycles. The van der Waals surface area contributed by atoms with Crippen LogP contribution in [0.25, 0.3) is 0 Å². The molecule has 0 saturated heterocycles. The Balaban J connectivity index is 2.65. The lowest BCUT2D eigenvalue weighted by Gasteiger charge is -2.17. The number of nitrogens with one attached hydrogen (secondary N) is 1. The Kier molecular flexibility index (Phi) is 7.10. The predicted octanol–water partition coefficient (Wildman–Crippen LogP) is 0.643. The van der Waals surface area contributed by atoms with Gasteiger partial charge in [-0.25, -0.2) is 13.1 Å². The van der Waals surface area contributed by atoms with E-state index in [1.165, 1.54) is 12.1 Å². The molecule has 0 amide bonds. The fourth-order valence-electron chi connectivity index (χ4n) is 1.74. The van der Waals surface area contributed by atoms with Crippen molar-refractivity contribution in [2.24, 2.45) is 5.73 Å². The van der Waals surface area contributed by atoms with E-state index in [0.29, 0.717) is 18.9 Å². The maximum atomic E-state index is 12.2. The first-order chi connectivity index (χ1) is 9.85. The van der Waals surface area contributed by atoms with Crippen LogP contribution < -0.4 is 15.2 Å². The molecule has 0 aliphatic heterocycles. The Morgan fingerprint density at radius 1 is 1.29 bits per heavy atom. The molecular weight excluding hydrogens is 290 g/mol. The molecule has 1 aromatic carbocycles. The van der Waals surface area contributed by atoms with E-state index in [-0.39, 0.29) is 10.9 Å². The number of nitrogens with zero attached hydrogens (tertiary/aromatic N) is 1. The number of nitrogens with two attached hydrogens (primary N) is 1. The quantitative estimate of drug-likeness (QED) is 0.699. The number of ether oxygens (including phenoxy) is 1. The molecule has 21 heavy (non-hydrogen) atoms. The average Bonchev–Trinajstić information content (AvgIpc) is 2.43. The third kappa shape index (κ3) is 6.43. The minimum Gasteiger partial charge on any atom is -0.492 e. The van der Waals surface area contributed by atoms with Crippen molar-refractivity contribution in [3.05, 3.63) is 24.3 Å². The monoisotopic (exact) mass is 315 g/mol. The van der Waals surface area contributed by atoms with Crippen LogP contribution in [0.3, 0.4) is 0 Å². The molecule has 3 N–H and O–H groups in total. The summed E-state index contributed by atoms with van der Waals surface area (Å²) in [5, 5.41) is 0. The molecule has 0 heterocycles. The van der Waals surface area contributed by atoms with Crippen LogP contribution in [0.15, 0.2) is 29.2 Å². The van der Waals surface area contributed by atoms with Gasteiger partial charge in [-0.15, -0.1) is 0 Å². The van der Waals surface area contributed by atoms with Crippen LogP contribution in [-0.4, -0.2) is 53.2 Å². The normalized spacial score (nSPS) is 13.4. The van der Waals surface area contributed by atoms with Crippen LogP contribution in [0.1, 0.15) is 13.3 Å². The van der Waals surface area contributed by atoms with Crippen molar-refractivity contribution in [3.63, 3.8) is 0 Å². The number of hydrogen-bond acceptors (Lipinski definition) is 5. The number of benzene rings is 1. The summed E-state index contributed by atoms with van der Waals surface area (Å²) < 4.78 is 32.5. The molecular formula is C14H25N3O3S. The van der Waals surface area contributed by atoms with E-state index in [1.54, 1.807) is 12.1 Å². The van der Waals surface area contributed by atoms with E-state index in [9.17, 15) is 8.42 Å². The highest BCUT2D eigenvalue weighted by molar-refractivity contribution is 7.89. The van der Waals surface area contributed by atoms with Crippen molar-refractivity contribution in [1.29, 1.82) is 0 Å². The summed E-state index contributed by atoms with van der Waals surface area (Å²) in [7, 11) is 0.426. The molecule has 1 atom stereocenters. The Bertz CT molecular complexity index is 515. The third-order valence-electron chi connectivity index (χ3n) is 2.89. The Morgan fingerprint density at radius 3 is 2.43 bits per heavy atom. The maximum absolute atomic E-state index is 12.2. The van der Waals surface area contributed by atoms with Crippen molar-refractivity contribution >= 4 is 10.0 Å². The molecule has 1 rings (SSSR count). The van der Waals surface area contributed by atoms with Gasteiger partial charge in [-0.3, -0.25) is 0 Å². The Labute approximate surface area is 127 Å². The maximum Gasteiger partial charge on any atom is 0.240 e. The van der Waals surface area contributed by atoms with Gasteiger partial charge in [0.2, 0.25) is 10.0 Å². The number of sulfonamides is 1. The zero-order valence-electron chi connectivity index (χ0n) is 12.9. The second-order valence-electron chi connectivity index (χ2n) is 5.22. The van der Waals surface area contributed by atoms with Crippen LogP contribution in [0.2, 0.25) is 0 Å². The van der Waals surface area contributed by atoms with Gasteiger partial charge in [-0.05, 0) is 58.3 Å². The Hall–Kier alpha value is -1.15. The molecule has 1 aromatic rings. The van der Waals surface area contributed by atoms with E-state index in [0.717, 1.165) is 13.0 Å². The molecule has 120 valence electrons. The van der Waals surface area contributed by atoms with Gasteiger partial charge in [0.15, 0.2) is 0 Å². The topological polar surface area (TPSA) is 84.7 Å². The van der Waals surface area contributed by atoms with Gasteiger partial charge in [0.05, 0.1) is 4.90 Å². The van der Waals surface area contributed by atoms with Gasteiger partial charge < -0.3 is 15.4 Å². The molecule has 0 fully saturated rings. The zero-order chi connectivity index (χ0) is 15.9. The van der Waals surface area contributed by atoms with Gasteiger partial charge in [0.25, 0.3) is 0 Å². The van der Waals surface area contributed by atoms with E-state index >= 15 is 0 Å². The van der Waals surface area contributed by atoms with Crippen molar-refractivity contribution in [2.45, 2.75) is 24.3 Å². The first kappa shape index (κ1) is 17.9. The molecule has 6 nitrogen and oxygen atoms in total. The largest absolute Gasteiger partial charge is 0.492 e. The molecule has 1 unspecified atom stereocenters. The summed E-state index contributed by atoms with van der Waals surface area (Å²) >= 11 is 0. The molecule has 0 aliphatic carbocycles. The van der Waals surface area contributed by atoms with E-state index in [4.69, 9.17) is 10.5 Å². The molecule has 0 radical (unpaired) electrons. The van der Waals surface area contributed by atoms with Gasteiger partial charge in [-0.2, -0.15) is 0 Å². The van der Waals surface area contributed by atoms with Crippen LogP contribution in [-0.2, 0) is 10.0 Å². The summed E-state index contributed by atoms with van der Waals surface area (Å²) in [5.74, 6) is 0.611.